The first-order valence-electron chi connectivity index (χ1n) is 9.39. The van der Waals surface area contributed by atoms with Crippen molar-refractivity contribution < 1.29 is 19.3 Å². The number of aromatic amines is 1. The Labute approximate surface area is 170 Å². The molecule has 0 bridgehead atoms. The molecular weight excluding hydrogens is 370 g/mol. The summed E-state index contributed by atoms with van der Waals surface area (Å²) in [5, 5.41) is 11.1. The zero-order chi connectivity index (χ0) is 21.3. The van der Waals surface area contributed by atoms with Gasteiger partial charge in [-0.25, -0.2) is 0 Å². The van der Waals surface area contributed by atoms with Gasteiger partial charge in [0.15, 0.2) is 0 Å². The Morgan fingerprint density at radius 3 is 2.21 bits per heavy atom. The highest BCUT2D eigenvalue weighted by Gasteiger charge is 2.17. The lowest BCUT2D eigenvalue weighted by Gasteiger charge is -2.20. The lowest BCUT2D eigenvalue weighted by Crippen LogP contribution is -2.28. The monoisotopic (exact) mass is 397 g/mol. The standard InChI is InChI=1S/C23H27NO5/c1-13-7-15(8-14(2)21(13)29-12-23(3,4)26)18-10-16-9-17(27-5)11-19(28-6)20(16)22(25)24-18/h7-11,26H,12H2,1-6H3,(H,24,25). The summed E-state index contributed by atoms with van der Waals surface area (Å²) in [6.07, 6.45) is 0. The molecule has 0 atom stereocenters. The molecule has 154 valence electrons. The molecule has 2 N–H and O–H groups in total. The molecule has 0 fully saturated rings. The summed E-state index contributed by atoms with van der Waals surface area (Å²) in [6.45, 7) is 7.49. The Balaban J connectivity index is 2.10. The first-order chi connectivity index (χ1) is 13.6. The summed E-state index contributed by atoms with van der Waals surface area (Å²) in [5.74, 6) is 1.82. The summed E-state index contributed by atoms with van der Waals surface area (Å²) < 4.78 is 16.5. The molecule has 0 aliphatic heterocycles. The minimum absolute atomic E-state index is 0.195. The van der Waals surface area contributed by atoms with Gasteiger partial charge in [-0.1, -0.05) is 0 Å². The van der Waals surface area contributed by atoms with Crippen LogP contribution in [-0.4, -0.2) is 36.5 Å². The van der Waals surface area contributed by atoms with Crippen molar-refractivity contribution in [3.63, 3.8) is 0 Å². The van der Waals surface area contributed by atoms with Gasteiger partial charge < -0.3 is 24.3 Å². The number of H-pyrrole nitrogens is 1. The van der Waals surface area contributed by atoms with Crippen molar-refractivity contribution in [2.45, 2.75) is 33.3 Å². The molecule has 1 heterocycles. The third-order valence-electron chi connectivity index (χ3n) is 4.68. The van der Waals surface area contributed by atoms with Gasteiger partial charge in [0.2, 0.25) is 0 Å². The summed E-state index contributed by atoms with van der Waals surface area (Å²) in [6, 6.07) is 9.34. The van der Waals surface area contributed by atoms with Gasteiger partial charge >= 0.3 is 0 Å². The maximum atomic E-state index is 12.8. The molecule has 0 radical (unpaired) electrons. The van der Waals surface area contributed by atoms with E-state index in [1.54, 1.807) is 27.0 Å². The van der Waals surface area contributed by atoms with E-state index in [2.05, 4.69) is 4.98 Å². The molecule has 2 aromatic carbocycles. The molecule has 3 rings (SSSR count). The van der Waals surface area contributed by atoms with Gasteiger partial charge in [-0.3, -0.25) is 4.79 Å². The molecule has 1 aromatic heterocycles. The summed E-state index contributed by atoms with van der Waals surface area (Å²) in [7, 11) is 3.11. The maximum Gasteiger partial charge on any atom is 0.260 e. The first-order valence-corrected chi connectivity index (χ1v) is 9.39. The molecule has 3 aromatic rings. The number of pyridine rings is 1. The van der Waals surface area contributed by atoms with Crippen molar-refractivity contribution in [2.24, 2.45) is 0 Å². The zero-order valence-corrected chi connectivity index (χ0v) is 17.7. The highest BCUT2D eigenvalue weighted by molar-refractivity contribution is 5.91. The molecule has 29 heavy (non-hydrogen) atoms. The van der Waals surface area contributed by atoms with Crippen LogP contribution >= 0.6 is 0 Å². The second kappa shape index (κ2) is 7.79. The van der Waals surface area contributed by atoms with Gasteiger partial charge in [-0.05, 0) is 74.0 Å². The molecule has 0 saturated carbocycles. The van der Waals surface area contributed by atoms with E-state index in [0.29, 0.717) is 22.6 Å². The number of aryl methyl sites for hydroxylation is 2. The second-order valence-corrected chi connectivity index (χ2v) is 7.85. The van der Waals surface area contributed by atoms with E-state index >= 15 is 0 Å². The number of aliphatic hydroxyl groups is 1. The van der Waals surface area contributed by atoms with Crippen molar-refractivity contribution in [3.8, 4) is 28.5 Å². The Kier molecular flexibility index (Phi) is 5.57. The SMILES string of the molecule is COc1cc(OC)c2c(=O)[nH]c(-c3cc(C)c(OCC(C)(C)O)c(C)c3)cc2c1. The van der Waals surface area contributed by atoms with Crippen LogP contribution in [0.3, 0.4) is 0 Å². The highest BCUT2D eigenvalue weighted by atomic mass is 16.5. The number of ether oxygens (including phenoxy) is 3. The molecule has 0 aliphatic carbocycles. The van der Waals surface area contributed by atoms with Gasteiger partial charge in [0.25, 0.3) is 5.56 Å². The Bertz CT molecular complexity index is 1090. The largest absolute Gasteiger partial charge is 0.497 e. The van der Waals surface area contributed by atoms with Gasteiger partial charge in [0, 0.05) is 11.8 Å². The van der Waals surface area contributed by atoms with E-state index in [1.165, 1.54) is 7.11 Å². The average Bonchev–Trinajstić information content (AvgIpc) is 2.65. The predicted molar refractivity (Wildman–Crippen MR) is 114 cm³/mol. The van der Waals surface area contributed by atoms with Crippen LogP contribution in [0.25, 0.3) is 22.0 Å². The summed E-state index contributed by atoms with van der Waals surface area (Å²) >= 11 is 0. The van der Waals surface area contributed by atoms with Crippen molar-refractivity contribution in [1.29, 1.82) is 0 Å². The maximum absolute atomic E-state index is 12.8. The van der Waals surface area contributed by atoms with Crippen molar-refractivity contribution in [2.75, 3.05) is 20.8 Å². The number of methoxy groups -OCH3 is 2. The minimum Gasteiger partial charge on any atom is -0.497 e. The van der Waals surface area contributed by atoms with E-state index < -0.39 is 5.60 Å². The number of benzene rings is 2. The fourth-order valence-corrected chi connectivity index (χ4v) is 3.36. The Hall–Kier alpha value is -2.99. The van der Waals surface area contributed by atoms with E-state index in [9.17, 15) is 9.90 Å². The fraction of sp³-hybridized carbons (Fsp3) is 0.348. The quantitative estimate of drug-likeness (QED) is 0.658. The Morgan fingerprint density at radius 2 is 1.66 bits per heavy atom. The lowest BCUT2D eigenvalue weighted by atomic mass is 10.0. The fourth-order valence-electron chi connectivity index (χ4n) is 3.36. The zero-order valence-electron chi connectivity index (χ0n) is 17.7. The molecule has 0 spiro atoms. The number of hydrogen-bond acceptors (Lipinski definition) is 5. The molecule has 6 nitrogen and oxygen atoms in total. The smallest absolute Gasteiger partial charge is 0.260 e. The van der Waals surface area contributed by atoms with Gasteiger partial charge in [-0.2, -0.15) is 0 Å². The minimum atomic E-state index is -0.917. The van der Waals surface area contributed by atoms with Gasteiger partial charge in [0.05, 0.1) is 25.2 Å². The molecule has 0 saturated heterocycles. The molecule has 6 heteroatoms. The van der Waals surface area contributed by atoms with Gasteiger partial charge in [-0.15, -0.1) is 0 Å². The number of aromatic nitrogens is 1. The van der Waals surface area contributed by atoms with Crippen LogP contribution < -0.4 is 19.8 Å². The average molecular weight is 397 g/mol. The lowest BCUT2D eigenvalue weighted by molar-refractivity contribution is 0.0280. The van der Waals surface area contributed by atoms with E-state index in [0.717, 1.165) is 27.8 Å². The van der Waals surface area contributed by atoms with Crippen molar-refractivity contribution in [3.05, 3.63) is 51.8 Å². The Morgan fingerprint density at radius 1 is 1.00 bits per heavy atom. The molecular formula is C23H27NO5. The van der Waals surface area contributed by atoms with Crippen LogP contribution in [-0.2, 0) is 0 Å². The molecule has 0 amide bonds. The molecule has 0 unspecified atom stereocenters. The summed E-state index contributed by atoms with van der Waals surface area (Å²) in [5.41, 5.74) is 2.27. The number of fused-ring (bicyclic) bond motifs is 1. The van der Waals surface area contributed by atoms with Crippen LogP contribution in [0.4, 0.5) is 0 Å². The topological polar surface area (TPSA) is 80.8 Å². The normalized spacial score (nSPS) is 11.6. The predicted octanol–water partition coefficient (Wildman–Crippen LogP) is 3.98. The van der Waals surface area contributed by atoms with E-state index in [1.807, 2.05) is 38.1 Å². The van der Waals surface area contributed by atoms with Crippen molar-refractivity contribution in [1.82, 2.24) is 4.98 Å². The number of nitrogens with one attached hydrogen (secondary N) is 1. The third-order valence-corrected chi connectivity index (χ3v) is 4.68. The third kappa shape index (κ3) is 4.38. The van der Waals surface area contributed by atoms with E-state index in [-0.39, 0.29) is 12.2 Å². The highest BCUT2D eigenvalue weighted by Crippen LogP contribution is 2.33. The van der Waals surface area contributed by atoms with Crippen LogP contribution in [0.15, 0.2) is 35.1 Å². The molecule has 0 aliphatic rings. The summed E-state index contributed by atoms with van der Waals surface area (Å²) in [4.78, 5) is 15.7. The van der Waals surface area contributed by atoms with Crippen LogP contribution in [0.2, 0.25) is 0 Å². The number of rotatable bonds is 6. The van der Waals surface area contributed by atoms with Crippen LogP contribution in [0.5, 0.6) is 17.2 Å². The van der Waals surface area contributed by atoms with Gasteiger partial charge in [0.1, 0.15) is 23.9 Å². The van der Waals surface area contributed by atoms with E-state index in [4.69, 9.17) is 14.2 Å². The number of hydrogen-bond donors (Lipinski definition) is 2. The van der Waals surface area contributed by atoms with Crippen molar-refractivity contribution >= 4 is 10.8 Å². The van der Waals surface area contributed by atoms with Crippen LogP contribution in [0, 0.1) is 13.8 Å². The van der Waals surface area contributed by atoms with Crippen LogP contribution in [0.1, 0.15) is 25.0 Å². The second-order valence-electron chi connectivity index (χ2n) is 7.85. The first kappa shape index (κ1) is 20.7.